The molecule has 2 unspecified atom stereocenters. The van der Waals surface area contributed by atoms with Gasteiger partial charge < -0.3 is 4.74 Å². The van der Waals surface area contributed by atoms with Crippen LogP contribution >= 0.6 is 12.2 Å². The molecule has 0 saturated carbocycles. The minimum Gasteiger partial charge on any atom is -0.378 e. The molecule has 0 radical (unpaired) electrons. The zero-order chi connectivity index (χ0) is 13.2. The molecule has 0 aromatic carbocycles. The van der Waals surface area contributed by atoms with Gasteiger partial charge in [0.2, 0.25) is 0 Å². The Labute approximate surface area is 116 Å². The Morgan fingerprint density at radius 1 is 1.42 bits per heavy atom. The van der Waals surface area contributed by atoms with Crippen LogP contribution in [0.1, 0.15) is 25.8 Å². The minimum absolute atomic E-state index is 0.265. The highest BCUT2D eigenvalue weighted by Crippen LogP contribution is 2.29. The van der Waals surface area contributed by atoms with Crippen molar-refractivity contribution >= 4 is 12.2 Å². The zero-order valence-corrected chi connectivity index (χ0v) is 11.6. The monoisotopic (exact) mass is 276 g/mol. The summed E-state index contributed by atoms with van der Waals surface area (Å²) < 4.78 is 8.39. The molecule has 1 saturated heterocycles. The SMILES string of the molecule is CC1CC(n2c(-c3ccncc3)n[nH]c2=S)CCO1. The molecule has 0 aliphatic carbocycles. The first-order valence-electron chi connectivity index (χ1n) is 6.44. The van der Waals surface area contributed by atoms with Crippen LogP contribution in [0.4, 0.5) is 0 Å². The number of H-pyrrole nitrogens is 1. The van der Waals surface area contributed by atoms with E-state index in [1.807, 2.05) is 12.1 Å². The van der Waals surface area contributed by atoms with Gasteiger partial charge in [0.05, 0.1) is 6.10 Å². The van der Waals surface area contributed by atoms with Crippen LogP contribution in [0.25, 0.3) is 11.4 Å². The van der Waals surface area contributed by atoms with Gasteiger partial charge >= 0.3 is 0 Å². The van der Waals surface area contributed by atoms with Gasteiger partial charge in [-0.2, -0.15) is 5.10 Å². The highest BCUT2D eigenvalue weighted by atomic mass is 32.1. The van der Waals surface area contributed by atoms with E-state index >= 15 is 0 Å². The lowest BCUT2D eigenvalue weighted by atomic mass is 10.0. The summed E-state index contributed by atoms with van der Waals surface area (Å²) in [7, 11) is 0. The number of pyridine rings is 1. The molecule has 1 fully saturated rings. The number of nitrogens with zero attached hydrogens (tertiary/aromatic N) is 3. The molecule has 1 aliphatic heterocycles. The lowest BCUT2D eigenvalue weighted by Gasteiger charge is -2.28. The van der Waals surface area contributed by atoms with Crippen molar-refractivity contribution in [2.75, 3.05) is 6.61 Å². The van der Waals surface area contributed by atoms with Crippen LogP contribution in [0.2, 0.25) is 0 Å². The number of hydrogen-bond acceptors (Lipinski definition) is 4. The van der Waals surface area contributed by atoms with E-state index in [0.29, 0.717) is 10.8 Å². The van der Waals surface area contributed by atoms with Gasteiger partial charge in [-0.15, -0.1) is 0 Å². The van der Waals surface area contributed by atoms with Gasteiger partial charge in [-0.25, -0.2) is 0 Å². The summed E-state index contributed by atoms with van der Waals surface area (Å²) in [6.45, 7) is 2.87. The fourth-order valence-electron chi connectivity index (χ4n) is 2.56. The first-order valence-corrected chi connectivity index (χ1v) is 6.85. The van der Waals surface area contributed by atoms with Crippen molar-refractivity contribution in [1.82, 2.24) is 19.7 Å². The second kappa shape index (κ2) is 5.22. The maximum absolute atomic E-state index is 5.60. The van der Waals surface area contributed by atoms with Crippen molar-refractivity contribution in [1.29, 1.82) is 0 Å². The Morgan fingerprint density at radius 2 is 2.21 bits per heavy atom. The standard InChI is InChI=1S/C13H16N4OS/c1-9-8-11(4-7-18-9)17-12(15-16-13(17)19)10-2-5-14-6-3-10/h2-3,5-6,9,11H,4,7-8H2,1H3,(H,16,19). The Bertz CT molecular complexity index is 607. The predicted molar refractivity (Wildman–Crippen MR) is 74.3 cm³/mol. The van der Waals surface area contributed by atoms with Crippen molar-refractivity contribution in [2.24, 2.45) is 0 Å². The fourth-order valence-corrected chi connectivity index (χ4v) is 2.84. The van der Waals surface area contributed by atoms with E-state index in [9.17, 15) is 0 Å². The molecule has 0 spiro atoms. The number of aromatic nitrogens is 4. The third-order valence-electron chi connectivity index (χ3n) is 3.47. The van der Waals surface area contributed by atoms with Gasteiger partial charge in [-0.05, 0) is 44.1 Å². The predicted octanol–water partition coefficient (Wildman–Crippen LogP) is 2.74. The van der Waals surface area contributed by atoms with Crippen molar-refractivity contribution in [3.8, 4) is 11.4 Å². The van der Waals surface area contributed by atoms with Crippen LogP contribution in [-0.2, 0) is 4.74 Å². The van der Waals surface area contributed by atoms with Crippen LogP contribution < -0.4 is 0 Å². The normalized spacial score (nSPS) is 23.4. The quantitative estimate of drug-likeness (QED) is 0.857. The van der Waals surface area contributed by atoms with Gasteiger partial charge in [-0.1, -0.05) is 0 Å². The smallest absolute Gasteiger partial charge is 0.195 e. The fraction of sp³-hybridized carbons (Fsp3) is 0.462. The van der Waals surface area contributed by atoms with Gasteiger partial charge in [0, 0.05) is 30.6 Å². The summed E-state index contributed by atoms with van der Waals surface area (Å²) in [5, 5.41) is 7.27. The minimum atomic E-state index is 0.265. The van der Waals surface area contributed by atoms with Gasteiger partial charge in [0.25, 0.3) is 0 Å². The third-order valence-corrected chi connectivity index (χ3v) is 3.75. The van der Waals surface area contributed by atoms with Crippen molar-refractivity contribution in [3.63, 3.8) is 0 Å². The van der Waals surface area contributed by atoms with Gasteiger partial charge in [0.1, 0.15) is 0 Å². The van der Waals surface area contributed by atoms with E-state index in [4.69, 9.17) is 17.0 Å². The maximum Gasteiger partial charge on any atom is 0.195 e. The lowest BCUT2D eigenvalue weighted by molar-refractivity contribution is 0.00596. The van der Waals surface area contributed by atoms with Crippen molar-refractivity contribution in [3.05, 3.63) is 29.3 Å². The molecule has 0 amide bonds. The van der Waals surface area contributed by atoms with Gasteiger partial charge in [0.15, 0.2) is 10.6 Å². The molecule has 5 nitrogen and oxygen atoms in total. The molecular weight excluding hydrogens is 260 g/mol. The van der Waals surface area contributed by atoms with Crippen LogP contribution in [0, 0.1) is 4.77 Å². The maximum atomic E-state index is 5.60. The van der Waals surface area contributed by atoms with Crippen LogP contribution in [0.3, 0.4) is 0 Å². The Kier molecular flexibility index (Phi) is 3.44. The number of hydrogen-bond donors (Lipinski definition) is 1. The van der Waals surface area contributed by atoms with Crippen molar-refractivity contribution in [2.45, 2.75) is 31.9 Å². The highest BCUT2D eigenvalue weighted by molar-refractivity contribution is 7.71. The lowest BCUT2D eigenvalue weighted by Crippen LogP contribution is -2.26. The first kappa shape index (κ1) is 12.5. The topological polar surface area (TPSA) is 55.7 Å². The van der Waals surface area contributed by atoms with Crippen LogP contribution in [-0.4, -0.2) is 32.5 Å². The average molecular weight is 276 g/mol. The molecule has 100 valence electrons. The summed E-state index contributed by atoms with van der Waals surface area (Å²) in [4.78, 5) is 4.04. The molecule has 6 heteroatoms. The Balaban J connectivity index is 2.02. The van der Waals surface area contributed by atoms with Gasteiger partial charge in [-0.3, -0.25) is 14.6 Å². The molecule has 0 bridgehead atoms. The van der Waals surface area contributed by atoms with E-state index in [-0.39, 0.29) is 6.10 Å². The van der Waals surface area contributed by atoms with E-state index in [2.05, 4.69) is 26.7 Å². The first-order chi connectivity index (χ1) is 9.25. The Hall–Kier alpha value is -1.53. The third kappa shape index (κ3) is 2.46. The summed E-state index contributed by atoms with van der Waals surface area (Å²) in [5.41, 5.74) is 1.03. The largest absolute Gasteiger partial charge is 0.378 e. The zero-order valence-electron chi connectivity index (χ0n) is 10.7. The molecule has 3 heterocycles. The molecule has 3 rings (SSSR count). The molecular formula is C13H16N4OS. The number of nitrogens with one attached hydrogen (secondary N) is 1. The molecule has 2 atom stereocenters. The highest BCUT2D eigenvalue weighted by Gasteiger charge is 2.24. The summed E-state index contributed by atoms with van der Waals surface area (Å²) in [5.74, 6) is 0.881. The molecule has 2 aromatic rings. The van der Waals surface area contributed by atoms with E-state index in [1.54, 1.807) is 12.4 Å². The summed E-state index contributed by atoms with van der Waals surface area (Å²) >= 11 is 5.38. The molecule has 1 N–H and O–H groups in total. The number of rotatable bonds is 2. The van der Waals surface area contributed by atoms with Crippen LogP contribution in [0.5, 0.6) is 0 Å². The van der Waals surface area contributed by atoms with Crippen LogP contribution in [0.15, 0.2) is 24.5 Å². The second-order valence-corrected chi connectivity index (χ2v) is 5.20. The van der Waals surface area contributed by atoms with E-state index in [1.165, 1.54) is 0 Å². The number of aromatic amines is 1. The average Bonchev–Trinajstić information content (AvgIpc) is 2.82. The molecule has 19 heavy (non-hydrogen) atoms. The number of ether oxygens (including phenoxy) is 1. The second-order valence-electron chi connectivity index (χ2n) is 4.82. The molecule has 1 aliphatic rings. The summed E-state index contributed by atoms with van der Waals surface area (Å²) in [6, 6.07) is 4.24. The van der Waals surface area contributed by atoms with E-state index in [0.717, 1.165) is 30.8 Å². The summed E-state index contributed by atoms with van der Waals surface area (Å²) in [6.07, 6.45) is 5.73. The Morgan fingerprint density at radius 3 is 2.95 bits per heavy atom. The van der Waals surface area contributed by atoms with E-state index < -0.39 is 0 Å². The molecule has 2 aromatic heterocycles. The van der Waals surface area contributed by atoms with Crippen molar-refractivity contribution < 1.29 is 4.74 Å².